The molecule has 8 nitrogen and oxygen atoms in total. The maximum absolute atomic E-state index is 6.14. The molecule has 0 fully saturated rings. The predicted molar refractivity (Wildman–Crippen MR) is 105 cm³/mol. The Bertz CT molecular complexity index is 1090. The normalized spacial score (nSPS) is 12.3. The molecule has 0 spiro atoms. The van der Waals surface area contributed by atoms with E-state index >= 15 is 0 Å². The van der Waals surface area contributed by atoms with Gasteiger partial charge in [-0.05, 0) is 25.1 Å². The van der Waals surface area contributed by atoms with Crippen molar-refractivity contribution in [2.24, 2.45) is 0 Å². The topological polar surface area (TPSA) is 111 Å². The number of nitrogens with zero attached hydrogens (tertiary/aromatic N) is 3. The van der Waals surface area contributed by atoms with Gasteiger partial charge in [0.2, 0.25) is 5.95 Å². The molecule has 0 aliphatic heterocycles. The van der Waals surface area contributed by atoms with Crippen LogP contribution in [0.4, 0.5) is 11.8 Å². The molecule has 0 aliphatic rings. The fraction of sp³-hybridized carbons (Fsp3) is 0.211. The summed E-state index contributed by atoms with van der Waals surface area (Å²) in [7, 11) is 3.16. The minimum atomic E-state index is -0.130. The first-order valence-electron chi connectivity index (χ1n) is 8.49. The van der Waals surface area contributed by atoms with Crippen LogP contribution in [0.25, 0.3) is 21.9 Å². The van der Waals surface area contributed by atoms with Crippen molar-refractivity contribution in [2.45, 2.75) is 13.0 Å². The lowest BCUT2D eigenvalue weighted by molar-refractivity contribution is 0.356. The van der Waals surface area contributed by atoms with Gasteiger partial charge in [-0.25, -0.2) is 9.97 Å². The Morgan fingerprint density at radius 2 is 1.74 bits per heavy atom. The van der Waals surface area contributed by atoms with Gasteiger partial charge >= 0.3 is 0 Å². The van der Waals surface area contributed by atoms with E-state index in [0.29, 0.717) is 34.2 Å². The standard InChI is InChI=1S/C19H20N6O2/c1-10(18-22-12-6-4-5-7-13(12)23-18)21-19-24-14-9-16(27-3)15(26-2)8-11(14)17(20)25-19/h4-10H,1-3H3,(H,22,23)(H3,20,21,24,25). The van der Waals surface area contributed by atoms with E-state index in [-0.39, 0.29) is 6.04 Å². The Morgan fingerprint density at radius 3 is 2.48 bits per heavy atom. The number of aromatic nitrogens is 4. The van der Waals surface area contributed by atoms with E-state index in [1.165, 1.54) is 0 Å². The molecule has 0 amide bonds. The van der Waals surface area contributed by atoms with Crippen LogP contribution in [0.15, 0.2) is 36.4 Å². The van der Waals surface area contributed by atoms with Crippen LogP contribution >= 0.6 is 0 Å². The zero-order valence-electron chi connectivity index (χ0n) is 15.3. The molecule has 0 bridgehead atoms. The first kappa shape index (κ1) is 16.9. The molecule has 2 aromatic heterocycles. The Hall–Kier alpha value is -3.55. The molecular formula is C19H20N6O2. The molecular weight excluding hydrogens is 344 g/mol. The number of nitrogen functional groups attached to an aromatic ring is 1. The first-order valence-corrected chi connectivity index (χ1v) is 8.49. The van der Waals surface area contributed by atoms with Crippen LogP contribution in [0.5, 0.6) is 11.5 Å². The Labute approximate surface area is 155 Å². The highest BCUT2D eigenvalue weighted by molar-refractivity contribution is 5.91. The minimum absolute atomic E-state index is 0.130. The average Bonchev–Trinajstić information content (AvgIpc) is 3.11. The number of imidazole rings is 1. The monoisotopic (exact) mass is 364 g/mol. The maximum atomic E-state index is 6.14. The summed E-state index contributed by atoms with van der Waals surface area (Å²) in [6.07, 6.45) is 0. The van der Waals surface area contributed by atoms with Crippen molar-refractivity contribution >= 4 is 33.7 Å². The zero-order chi connectivity index (χ0) is 19.0. The molecule has 2 heterocycles. The van der Waals surface area contributed by atoms with Crippen LogP contribution < -0.4 is 20.5 Å². The molecule has 0 radical (unpaired) electrons. The third kappa shape index (κ3) is 3.05. The van der Waals surface area contributed by atoms with Gasteiger partial charge in [0.25, 0.3) is 0 Å². The number of methoxy groups -OCH3 is 2. The lowest BCUT2D eigenvalue weighted by Crippen LogP contribution is -2.12. The van der Waals surface area contributed by atoms with Gasteiger partial charge in [-0.3, -0.25) is 0 Å². The lowest BCUT2D eigenvalue weighted by atomic mass is 10.2. The van der Waals surface area contributed by atoms with Crippen LogP contribution in [0.2, 0.25) is 0 Å². The minimum Gasteiger partial charge on any atom is -0.493 e. The number of H-pyrrole nitrogens is 1. The Morgan fingerprint density at radius 1 is 1.00 bits per heavy atom. The van der Waals surface area contributed by atoms with E-state index in [1.54, 1.807) is 26.4 Å². The van der Waals surface area contributed by atoms with Crippen molar-refractivity contribution in [1.82, 2.24) is 19.9 Å². The molecule has 8 heteroatoms. The molecule has 4 rings (SSSR count). The zero-order valence-corrected chi connectivity index (χ0v) is 15.3. The number of anilines is 2. The summed E-state index contributed by atoms with van der Waals surface area (Å²) in [6.45, 7) is 1.98. The Balaban J connectivity index is 1.68. The van der Waals surface area contributed by atoms with Gasteiger partial charge in [-0.2, -0.15) is 4.98 Å². The quantitative estimate of drug-likeness (QED) is 0.498. The molecule has 1 atom stereocenters. The van der Waals surface area contributed by atoms with E-state index in [2.05, 4.69) is 25.3 Å². The van der Waals surface area contributed by atoms with Crippen molar-refractivity contribution in [1.29, 1.82) is 0 Å². The highest BCUT2D eigenvalue weighted by atomic mass is 16.5. The van der Waals surface area contributed by atoms with Crippen molar-refractivity contribution in [3.63, 3.8) is 0 Å². The molecule has 27 heavy (non-hydrogen) atoms. The summed E-state index contributed by atoms with van der Waals surface area (Å²) in [6, 6.07) is 11.3. The highest BCUT2D eigenvalue weighted by Crippen LogP contribution is 2.34. The number of fused-ring (bicyclic) bond motifs is 2. The fourth-order valence-corrected chi connectivity index (χ4v) is 2.98. The summed E-state index contributed by atoms with van der Waals surface area (Å²) >= 11 is 0. The maximum Gasteiger partial charge on any atom is 0.225 e. The number of para-hydroxylation sites is 2. The van der Waals surface area contributed by atoms with Gasteiger partial charge in [0.1, 0.15) is 11.6 Å². The fourth-order valence-electron chi connectivity index (χ4n) is 2.98. The van der Waals surface area contributed by atoms with Crippen LogP contribution in [0.3, 0.4) is 0 Å². The van der Waals surface area contributed by atoms with Crippen molar-refractivity contribution in [3.05, 3.63) is 42.2 Å². The number of hydrogen-bond donors (Lipinski definition) is 3. The van der Waals surface area contributed by atoms with E-state index in [4.69, 9.17) is 15.2 Å². The van der Waals surface area contributed by atoms with Gasteiger partial charge in [-0.1, -0.05) is 12.1 Å². The van der Waals surface area contributed by atoms with Gasteiger partial charge < -0.3 is 25.5 Å². The summed E-state index contributed by atoms with van der Waals surface area (Å²) in [4.78, 5) is 16.8. The number of hydrogen-bond acceptors (Lipinski definition) is 7. The van der Waals surface area contributed by atoms with Gasteiger partial charge in [0.15, 0.2) is 11.5 Å². The predicted octanol–water partition coefficient (Wildman–Crippen LogP) is 3.28. The summed E-state index contributed by atoms with van der Waals surface area (Å²) in [5, 5.41) is 3.95. The molecule has 1 unspecified atom stereocenters. The van der Waals surface area contributed by atoms with Crippen LogP contribution in [0.1, 0.15) is 18.8 Å². The number of nitrogens with two attached hydrogens (primary N) is 1. The van der Waals surface area contributed by atoms with Crippen LogP contribution in [0, 0.1) is 0 Å². The molecule has 4 N–H and O–H groups in total. The molecule has 4 aromatic rings. The second-order valence-electron chi connectivity index (χ2n) is 6.16. The van der Waals surface area contributed by atoms with Gasteiger partial charge in [0.05, 0.1) is 36.8 Å². The number of aromatic amines is 1. The third-order valence-corrected chi connectivity index (χ3v) is 4.39. The summed E-state index contributed by atoms with van der Waals surface area (Å²) in [5.41, 5.74) is 8.70. The molecule has 0 saturated carbocycles. The number of nitrogens with one attached hydrogen (secondary N) is 2. The summed E-state index contributed by atoms with van der Waals surface area (Å²) in [5.74, 6) is 2.74. The highest BCUT2D eigenvalue weighted by Gasteiger charge is 2.15. The summed E-state index contributed by atoms with van der Waals surface area (Å²) < 4.78 is 10.7. The van der Waals surface area contributed by atoms with E-state index in [0.717, 1.165) is 16.9 Å². The third-order valence-electron chi connectivity index (χ3n) is 4.39. The number of benzene rings is 2. The lowest BCUT2D eigenvalue weighted by Gasteiger charge is -2.14. The number of rotatable bonds is 5. The second kappa shape index (κ2) is 6.64. The smallest absolute Gasteiger partial charge is 0.225 e. The molecule has 138 valence electrons. The number of ether oxygens (including phenoxy) is 2. The van der Waals surface area contributed by atoms with Crippen molar-refractivity contribution in [3.8, 4) is 11.5 Å². The average molecular weight is 364 g/mol. The van der Waals surface area contributed by atoms with Crippen LogP contribution in [-0.4, -0.2) is 34.2 Å². The van der Waals surface area contributed by atoms with Crippen LogP contribution in [-0.2, 0) is 0 Å². The SMILES string of the molecule is COc1cc2nc(NC(C)c3nc4ccccc4[nH]3)nc(N)c2cc1OC. The van der Waals surface area contributed by atoms with E-state index < -0.39 is 0 Å². The first-order chi connectivity index (χ1) is 13.1. The molecule has 2 aromatic carbocycles. The van der Waals surface area contributed by atoms with Gasteiger partial charge in [0, 0.05) is 11.5 Å². The molecule has 0 aliphatic carbocycles. The largest absolute Gasteiger partial charge is 0.493 e. The molecule has 0 saturated heterocycles. The Kier molecular flexibility index (Phi) is 4.15. The van der Waals surface area contributed by atoms with Gasteiger partial charge in [-0.15, -0.1) is 0 Å². The van der Waals surface area contributed by atoms with Crippen molar-refractivity contribution < 1.29 is 9.47 Å². The second-order valence-corrected chi connectivity index (χ2v) is 6.16. The van der Waals surface area contributed by atoms with Crippen molar-refractivity contribution in [2.75, 3.05) is 25.3 Å². The van der Waals surface area contributed by atoms with E-state index in [1.807, 2.05) is 31.2 Å². The van der Waals surface area contributed by atoms with E-state index in [9.17, 15) is 0 Å².